The second kappa shape index (κ2) is 6.50. The van der Waals surface area contributed by atoms with E-state index in [4.69, 9.17) is 17.3 Å². The lowest BCUT2D eigenvalue weighted by molar-refractivity contribution is 0.450. The van der Waals surface area contributed by atoms with E-state index < -0.39 is 0 Å². The zero-order valence-electron chi connectivity index (χ0n) is 12.9. The number of nitrogens with zero attached hydrogens (tertiary/aromatic N) is 1. The van der Waals surface area contributed by atoms with Crippen LogP contribution in [0.5, 0.6) is 0 Å². The van der Waals surface area contributed by atoms with Crippen LogP contribution in [0.15, 0.2) is 48.5 Å². The first-order valence-corrected chi connectivity index (χ1v) is 7.57. The summed E-state index contributed by atoms with van der Waals surface area (Å²) < 4.78 is 0. The molecule has 0 aliphatic carbocycles. The van der Waals surface area contributed by atoms with E-state index in [1.165, 1.54) is 16.8 Å². The lowest BCUT2D eigenvalue weighted by Crippen LogP contribution is -2.51. The molecule has 0 saturated carbocycles. The van der Waals surface area contributed by atoms with Crippen LogP contribution in [-0.2, 0) is 6.42 Å². The first-order valence-electron chi connectivity index (χ1n) is 7.20. The lowest BCUT2D eigenvalue weighted by Gasteiger charge is -2.40. The molecule has 0 saturated heterocycles. The van der Waals surface area contributed by atoms with Gasteiger partial charge >= 0.3 is 0 Å². The molecule has 2 N–H and O–H groups in total. The van der Waals surface area contributed by atoms with Gasteiger partial charge in [-0.25, -0.2) is 0 Å². The summed E-state index contributed by atoms with van der Waals surface area (Å²) in [7, 11) is 2.11. The number of hydrogen-bond acceptors (Lipinski definition) is 2. The third-order valence-electron chi connectivity index (χ3n) is 4.14. The van der Waals surface area contributed by atoms with Crippen LogP contribution < -0.4 is 10.6 Å². The molecule has 0 aliphatic rings. The minimum atomic E-state index is -0.137. The van der Waals surface area contributed by atoms with Gasteiger partial charge in [0.1, 0.15) is 0 Å². The summed E-state index contributed by atoms with van der Waals surface area (Å²) in [5, 5.41) is 0.764. The average molecular weight is 303 g/mol. The summed E-state index contributed by atoms with van der Waals surface area (Å²) in [6.45, 7) is 4.89. The molecule has 2 aromatic carbocycles. The van der Waals surface area contributed by atoms with Gasteiger partial charge in [-0.1, -0.05) is 35.9 Å². The van der Waals surface area contributed by atoms with Crippen molar-refractivity contribution in [1.29, 1.82) is 0 Å². The van der Waals surface area contributed by atoms with Gasteiger partial charge in [-0.2, -0.15) is 0 Å². The number of rotatable bonds is 5. The van der Waals surface area contributed by atoms with E-state index in [-0.39, 0.29) is 5.54 Å². The van der Waals surface area contributed by atoms with Crippen LogP contribution >= 0.6 is 11.6 Å². The standard InChI is InChI=1S/C18H23ClN2/c1-14-5-4-6-17(11-14)21(3)18(2,13-20)12-15-7-9-16(19)10-8-15/h4-11H,12-13,20H2,1-3H3. The van der Waals surface area contributed by atoms with Gasteiger partial charge in [0, 0.05) is 24.3 Å². The third kappa shape index (κ3) is 3.78. The maximum absolute atomic E-state index is 6.09. The van der Waals surface area contributed by atoms with Crippen LogP contribution in [0.4, 0.5) is 5.69 Å². The molecule has 0 fully saturated rings. The van der Waals surface area contributed by atoms with Gasteiger partial charge in [0.05, 0.1) is 5.54 Å². The monoisotopic (exact) mass is 302 g/mol. The predicted molar refractivity (Wildman–Crippen MR) is 92.2 cm³/mol. The van der Waals surface area contributed by atoms with Crippen molar-refractivity contribution in [3.8, 4) is 0 Å². The molecule has 0 aliphatic heterocycles. The van der Waals surface area contributed by atoms with Gasteiger partial charge in [0.15, 0.2) is 0 Å². The number of likely N-dealkylation sites (N-methyl/N-ethyl adjacent to an activating group) is 1. The summed E-state index contributed by atoms with van der Waals surface area (Å²) >= 11 is 5.96. The van der Waals surface area contributed by atoms with Gasteiger partial charge in [0.2, 0.25) is 0 Å². The fraction of sp³-hybridized carbons (Fsp3) is 0.333. The fourth-order valence-electron chi connectivity index (χ4n) is 2.52. The largest absolute Gasteiger partial charge is 0.368 e. The second-order valence-corrected chi connectivity index (χ2v) is 6.34. The Kier molecular flexibility index (Phi) is 4.92. The number of hydrogen-bond donors (Lipinski definition) is 1. The minimum absolute atomic E-state index is 0.137. The Morgan fingerprint density at radius 3 is 2.38 bits per heavy atom. The van der Waals surface area contributed by atoms with E-state index in [0.717, 1.165) is 11.4 Å². The van der Waals surface area contributed by atoms with Crippen LogP contribution in [0.2, 0.25) is 5.02 Å². The zero-order chi connectivity index (χ0) is 15.5. The predicted octanol–water partition coefficient (Wildman–Crippen LogP) is 4.04. The third-order valence-corrected chi connectivity index (χ3v) is 4.39. The molecule has 0 radical (unpaired) electrons. The normalized spacial score (nSPS) is 13.8. The molecule has 0 amide bonds. The van der Waals surface area contributed by atoms with E-state index >= 15 is 0 Å². The molecule has 2 nitrogen and oxygen atoms in total. The van der Waals surface area contributed by atoms with Crippen molar-refractivity contribution in [3.05, 3.63) is 64.7 Å². The molecule has 0 heterocycles. The summed E-state index contributed by atoms with van der Waals surface area (Å²) in [4.78, 5) is 2.27. The van der Waals surface area contributed by atoms with E-state index in [9.17, 15) is 0 Å². The second-order valence-electron chi connectivity index (χ2n) is 5.90. The molecule has 0 aromatic heterocycles. The summed E-state index contributed by atoms with van der Waals surface area (Å²) in [6, 6.07) is 16.5. The molecular weight excluding hydrogens is 280 g/mol. The summed E-state index contributed by atoms with van der Waals surface area (Å²) in [5.41, 5.74) is 9.64. The minimum Gasteiger partial charge on any atom is -0.368 e. The smallest absolute Gasteiger partial charge is 0.0533 e. The number of nitrogens with two attached hydrogens (primary N) is 1. The Morgan fingerprint density at radius 1 is 1.14 bits per heavy atom. The van der Waals surface area contributed by atoms with Crippen LogP contribution in [0.3, 0.4) is 0 Å². The number of benzene rings is 2. The molecule has 0 bridgehead atoms. The molecule has 0 spiro atoms. The van der Waals surface area contributed by atoms with Gasteiger partial charge in [0.25, 0.3) is 0 Å². The quantitative estimate of drug-likeness (QED) is 0.903. The average Bonchev–Trinajstić information content (AvgIpc) is 2.48. The maximum atomic E-state index is 6.09. The topological polar surface area (TPSA) is 29.3 Å². The van der Waals surface area contributed by atoms with E-state index in [1.54, 1.807) is 0 Å². The molecule has 1 atom stereocenters. The van der Waals surface area contributed by atoms with Crippen LogP contribution in [0.25, 0.3) is 0 Å². The molecule has 1 unspecified atom stereocenters. The molecule has 112 valence electrons. The maximum Gasteiger partial charge on any atom is 0.0533 e. The fourth-order valence-corrected chi connectivity index (χ4v) is 2.64. The van der Waals surface area contributed by atoms with Crippen LogP contribution in [-0.4, -0.2) is 19.1 Å². The van der Waals surface area contributed by atoms with E-state index in [0.29, 0.717) is 6.54 Å². The van der Waals surface area contributed by atoms with E-state index in [1.807, 2.05) is 12.1 Å². The van der Waals surface area contributed by atoms with Crippen LogP contribution in [0.1, 0.15) is 18.1 Å². The van der Waals surface area contributed by atoms with Crippen molar-refractivity contribution in [2.45, 2.75) is 25.8 Å². The Bertz CT molecular complexity index is 594. The van der Waals surface area contributed by atoms with Crippen molar-refractivity contribution >= 4 is 17.3 Å². The van der Waals surface area contributed by atoms with Crippen molar-refractivity contribution < 1.29 is 0 Å². The van der Waals surface area contributed by atoms with Crippen molar-refractivity contribution in [2.75, 3.05) is 18.5 Å². The first kappa shape index (κ1) is 15.9. The Morgan fingerprint density at radius 2 is 1.81 bits per heavy atom. The highest BCUT2D eigenvalue weighted by Gasteiger charge is 2.28. The van der Waals surface area contributed by atoms with Crippen molar-refractivity contribution in [1.82, 2.24) is 0 Å². The highest BCUT2D eigenvalue weighted by molar-refractivity contribution is 6.30. The van der Waals surface area contributed by atoms with Crippen molar-refractivity contribution in [2.24, 2.45) is 5.73 Å². The zero-order valence-corrected chi connectivity index (χ0v) is 13.7. The number of anilines is 1. The van der Waals surface area contributed by atoms with Gasteiger partial charge in [-0.05, 0) is 55.7 Å². The highest BCUT2D eigenvalue weighted by Crippen LogP contribution is 2.26. The summed E-state index contributed by atoms with van der Waals surface area (Å²) in [5.74, 6) is 0. The number of aryl methyl sites for hydroxylation is 1. The van der Waals surface area contributed by atoms with Crippen LogP contribution in [0, 0.1) is 6.92 Å². The highest BCUT2D eigenvalue weighted by atomic mass is 35.5. The van der Waals surface area contributed by atoms with Gasteiger partial charge < -0.3 is 10.6 Å². The Hall–Kier alpha value is -1.51. The Balaban J connectivity index is 2.25. The Labute approximate surface area is 132 Å². The van der Waals surface area contributed by atoms with Crippen molar-refractivity contribution in [3.63, 3.8) is 0 Å². The van der Waals surface area contributed by atoms with Gasteiger partial charge in [-0.3, -0.25) is 0 Å². The molecule has 2 aromatic rings. The SMILES string of the molecule is Cc1cccc(N(C)C(C)(CN)Cc2ccc(Cl)cc2)c1. The van der Waals surface area contributed by atoms with E-state index in [2.05, 4.69) is 62.2 Å². The lowest BCUT2D eigenvalue weighted by atomic mass is 9.90. The molecule has 3 heteroatoms. The molecular formula is C18H23ClN2. The molecule has 2 rings (SSSR count). The summed E-state index contributed by atoms with van der Waals surface area (Å²) in [6.07, 6.45) is 0.880. The molecule has 21 heavy (non-hydrogen) atoms. The number of halogens is 1. The first-order chi connectivity index (χ1) is 9.94. The van der Waals surface area contributed by atoms with Gasteiger partial charge in [-0.15, -0.1) is 0 Å².